The summed E-state index contributed by atoms with van der Waals surface area (Å²) < 4.78 is 31.5. The average Bonchev–Trinajstić information content (AvgIpc) is 2.89. The van der Waals surface area contributed by atoms with Gasteiger partial charge < -0.3 is 29.1 Å². The van der Waals surface area contributed by atoms with Gasteiger partial charge in [0.2, 0.25) is 0 Å². The SMILES string of the molecule is COc1ccc(CN(Cc2ccc(OC)cc2)c2nc(N3CCOCC3)c(NC(=O)O)cc2F)cc1. The standard InChI is InChI=1S/C26H29FN4O5/c1-34-20-7-3-18(4-8-20)16-31(17-19-5-9-21(35-2)10-6-19)24-22(27)15-23(28-26(32)33)25(29-24)30-11-13-36-14-12-30/h3-10,15,28H,11-14,16-17H2,1-2H3,(H,32,33). The van der Waals surface area contributed by atoms with Crippen LogP contribution < -0.4 is 24.6 Å². The van der Waals surface area contributed by atoms with Crippen LogP contribution in [0.5, 0.6) is 11.5 Å². The van der Waals surface area contributed by atoms with E-state index in [1.807, 2.05) is 58.3 Å². The summed E-state index contributed by atoms with van der Waals surface area (Å²) in [4.78, 5) is 19.8. The number of ether oxygens (including phenoxy) is 3. The Hall–Kier alpha value is -4.05. The number of carbonyl (C=O) groups is 1. The second-order valence-electron chi connectivity index (χ2n) is 8.25. The van der Waals surface area contributed by atoms with Gasteiger partial charge in [0.1, 0.15) is 11.5 Å². The molecule has 10 heteroatoms. The van der Waals surface area contributed by atoms with Gasteiger partial charge in [-0.1, -0.05) is 24.3 Å². The molecule has 0 bridgehead atoms. The highest BCUT2D eigenvalue weighted by Gasteiger charge is 2.24. The molecule has 36 heavy (non-hydrogen) atoms. The van der Waals surface area contributed by atoms with Gasteiger partial charge in [0.05, 0.1) is 33.1 Å². The van der Waals surface area contributed by atoms with E-state index < -0.39 is 11.9 Å². The lowest BCUT2D eigenvalue weighted by atomic mass is 10.1. The summed E-state index contributed by atoms with van der Waals surface area (Å²) in [7, 11) is 3.20. The van der Waals surface area contributed by atoms with Crippen LogP contribution in [0.4, 0.5) is 26.5 Å². The topological polar surface area (TPSA) is 96.4 Å². The van der Waals surface area contributed by atoms with Gasteiger partial charge in [0.25, 0.3) is 0 Å². The van der Waals surface area contributed by atoms with Crippen LogP contribution in [-0.4, -0.2) is 56.7 Å². The van der Waals surface area contributed by atoms with Gasteiger partial charge in [-0.05, 0) is 35.4 Å². The second kappa shape index (κ2) is 11.6. The summed E-state index contributed by atoms with van der Waals surface area (Å²) in [5, 5.41) is 11.6. The predicted octanol–water partition coefficient (Wildman–Crippen LogP) is 4.37. The third-order valence-corrected chi connectivity index (χ3v) is 5.85. The summed E-state index contributed by atoms with van der Waals surface area (Å²) in [6.07, 6.45) is -1.29. The van der Waals surface area contributed by atoms with E-state index in [1.165, 1.54) is 6.07 Å². The monoisotopic (exact) mass is 496 g/mol. The zero-order valence-corrected chi connectivity index (χ0v) is 20.2. The zero-order valence-electron chi connectivity index (χ0n) is 20.2. The van der Waals surface area contributed by atoms with Crippen LogP contribution in [0, 0.1) is 5.82 Å². The first-order valence-corrected chi connectivity index (χ1v) is 11.5. The maximum atomic E-state index is 15.5. The van der Waals surface area contributed by atoms with Crippen LogP contribution in [0.15, 0.2) is 54.6 Å². The van der Waals surface area contributed by atoms with E-state index in [2.05, 4.69) is 10.3 Å². The van der Waals surface area contributed by atoms with E-state index >= 15 is 4.39 Å². The van der Waals surface area contributed by atoms with Crippen molar-refractivity contribution >= 4 is 23.4 Å². The Kier molecular flexibility index (Phi) is 8.06. The van der Waals surface area contributed by atoms with Crippen molar-refractivity contribution in [1.82, 2.24) is 4.98 Å². The normalized spacial score (nSPS) is 13.2. The van der Waals surface area contributed by atoms with Crippen LogP contribution in [0.25, 0.3) is 0 Å². The third kappa shape index (κ3) is 6.14. The fourth-order valence-electron chi connectivity index (χ4n) is 4.02. The largest absolute Gasteiger partial charge is 0.497 e. The molecule has 0 spiro atoms. The Morgan fingerprint density at radius 1 is 1.03 bits per heavy atom. The van der Waals surface area contributed by atoms with Gasteiger partial charge >= 0.3 is 6.09 Å². The van der Waals surface area contributed by atoms with Gasteiger partial charge in [-0.15, -0.1) is 0 Å². The maximum absolute atomic E-state index is 15.5. The molecule has 1 saturated heterocycles. The van der Waals surface area contributed by atoms with Gasteiger partial charge in [0, 0.05) is 32.2 Å². The number of benzene rings is 2. The molecular formula is C26H29FN4O5. The van der Waals surface area contributed by atoms with E-state index in [0.717, 1.165) is 22.6 Å². The number of nitrogens with one attached hydrogen (secondary N) is 1. The van der Waals surface area contributed by atoms with Gasteiger partial charge in [-0.25, -0.2) is 14.2 Å². The van der Waals surface area contributed by atoms with Crippen molar-refractivity contribution < 1.29 is 28.5 Å². The Labute approximate surface area is 209 Å². The summed E-state index contributed by atoms with van der Waals surface area (Å²) in [6, 6.07) is 16.3. The van der Waals surface area contributed by atoms with Crippen LogP contribution in [0.1, 0.15) is 11.1 Å². The van der Waals surface area contributed by atoms with Crippen molar-refractivity contribution in [3.63, 3.8) is 0 Å². The Bertz CT molecular complexity index is 1120. The van der Waals surface area contributed by atoms with Crippen molar-refractivity contribution in [3.05, 3.63) is 71.5 Å². The average molecular weight is 497 g/mol. The highest BCUT2D eigenvalue weighted by atomic mass is 19.1. The fraction of sp³-hybridized carbons (Fsp3) is 0.308. The molecule has 0 aliphatic carbocycles. The van der Waals surface area contributed by atoms with E-state index in [0.29, 0.717) is 45.2 Å². The number of rotatable bonds is 9. The number of pyridine rings is 1. The lowest BCUT2D eigenvalue weighted by molar-refractivity contribution is 0.122. The number of carboxylic acid groups (broad SMARTS) is 1. The predicted molar refractivity (Wildman–Crippen MR) is 135 cm³/mol. The summed E-state index contributed by atoms with van der Waals surface area (Å²) in [5.41, 5.74) is 1.97. The maximum Gasteiger partial charge on any atom is 0.409 e. The van der Waals surface area contributed by atoms with Gasteiger partial charge in [-0.2, -0.15) is 0 Å². The number of halogens is 1. The number of aromatic nitrogens is 1. The molecule has 9 nitrogen and oxygen atoms in total. The second-order valence-corrected chi connectivity index (χ2v) is 8.25. The van der Waals surface area contributed by atoms with Crippen LogP contribution in [-0.2, 0) is 17.8 Å². The first kappa shape index (κ1) is 25.1. The molecule has 0 saturated carbocycles. The number of morpholine rings is 1. The summed E-state index contributed by atoms with van der Waals surface area (Å²) in [5.74, 6) is 1.32. The minimum absolute atomic E-state index is 0.0968. The minimum Gasteiger partial charge on any atom is -0.497 e. The highest BCUT2D eigenvalue weighted by molar-refractivity contribution is 5.88. The number of amides is 1. The van der Waals surface area contributed by atoms with Gasteiger partial charge in [-0.3, -0.25) is 5.32 Å². The zero-order chi connectivity index (χ0) is 25.5. The number of nitrogens with zero attached hydrogens (tertiary/aromatic N) is 3. The summed E-state index contributed by atoms with van der Waals surface area (Å²) in [6.45, 7) is 2.72. The fourth-order valence-corrected chi connectivity index (χ4v) is 4.02. The van der Waals surface area contributed by atoms with E-state index in [-0.39, 0.29) is 11.5 Å². The van der Waals surface area contributed by atoms with Crippen molar-refractivity contribution in [2.45, 2.75) is 13.1 Å². The van der Waals surface area contributed by atoms with E-state index in [1.54, 1.807) is 14.2 Å². The number of methoxy groups -OCH3 is 2. The molecule has 1 aliphatic heterocycles. The molecule has 4 rings (SSSR count). The van der Waals surface area contributed by atoms with Crippen molar-refractivity contribution in [2.75, 3.05) is 55.6 Å². The Morgan fingerprint density at radius 3 is 2.03 bits per heavy atom. The highest BCUT2D eigenvalue weighted by Crippen LogP contribution is 2.32. The van der Waals surface area contributed by atoms with Crippen LogP contribution in [0.2, 0.25) is 0 Å². The lowest BCUT2D eigenvalue weighted by Crippen LogP contribution is -2.38. The first-order chi connectivity index (χ1) is 17.5. The number of anilines is 3. The first-order valence-electron chi connectivity index (χ1n) is 11.5. The molecular weight excluding hydrogens is 467 g/mol. The molecule has 2 heterocycles. The molecule has 1 aliphatic rings. The van der Waals surface area contributed by atoms with Crippen molar-refractivity contribution in [1.29, 1.82) is 0 Å². The molecule has 0 unspecified atom stereocenters. The third-order valence-electron chi connectivity index (χ3n) is 5.85. The van der Waals surface area contributed by atoms with Crippen molar-refractivity contribution in [3.8, 4) is 11.5 Å². The number of hydrogen-bond donors (Lipinski definition) is 2. The molecule has 2 aromatic carbocycles. The Morgan fingerprint density at radius 2 is 1.56 bits per heavy atom. The molecule has 1 aromatic heterocycles. The lowest BCUT2D eigenvalue weighted by Gasteiger charge is -2.31. The molecule has 0 atom stereocenters. The van der Waals surface area contributed by atoms with Gasteiger partial charge in [0.15, 0.2) is 17.5 Å². The molecule has 3 aromatic rings. The molecule has 190 valence electrons. The molecule has 1 fully saturated rings. The number of hydrogen-bond acceptors (Lipinski definition) is 7. The van der Waals surface area contributed by atoms with E-state index in [9.17, 15) is 9.90 Å². The van der Waals surface area contributed by atoms with Crippen LogP contribution >= 0.6 is 0 Å². The Balaban J connectivity index is 1.73. The molecule has 0 radical (unpaired) electrons. The summed E-state index contributed by atoms with van der Waals surface area (Å²) >= 11 is 0. The van der Waals surface area contributed by atoms with Crippen molar-refractivity contribution in [2.24, 2.45) is 0 Å². The van der Waals surface area contributed by atoms with Crippen LogP contribution in [0.3, 0.4) is 0 Å². The quantitative estimate of drug-likeness (QED) is 0.451. The smallest absolute Gasteiger partial charge is 0.409 e. The van der Waals surface area contributed by atoms with E-state index in [4.69, 9.17) is 14.2 Å². The molecule has 2 N–H and O–H groups in total. The molecule has 1 amide bonds. The minimum atomic E-state index is -1.29.